The van der Waals surface area contributed by atoms with Gasteiger partial charge in [-0.25, -0.2) is 0 Å². The number of rotatable bonds is 10. The predicted molar refractivity (Wildman–Crippen MR) is 115 cm³/mol. The van der Waals surface area contributed by atoms with Crippen molar-refractivity contribution in [1.29, 1.82) is 0 Å². The van der Waals surface area contributed by atoms with E-state index in [-0.39, 0.29) is 17.1 Å². The zero-order valence-corrected chi connectivity index (χ0v) is 18.1. The lowest BCUT2D eigenvalue weighted by Gasteiger charge is -2.11. The van der Waals surface area contributed by atoms with Gasteiger partial charge in [0, 0.05) is 28.5 Å². The van der Waals surface area contributed by atoms with Crippen LogP contribution in [0.25, 0.3) is 0 Å². The normalized spacial score (nSPS) is 11.8. The molecule has 0 aliphatic carbocycles. The third kappa shape index (κ3) is 7.51. The van der Waals surface area contributed by atoms with E-state index in [1.165, 1.54) is 23.3 Å². The third-order valence-electron chi connectivity index (χ3n) is 3.49. The molecule has 1 unspecified atom stereocenters. The lowest BCUT2D eigenvalue weighted by atomic mass is 10.2. The van der Waals surface area contributed by atoms with Gasteiger partial charge in [-0.15, -0.1) is 11.8 Å². The highest BCUT2D eigenvalue weighted by Crippen LogP contribution is 2.26. The highest BCUT2D eigenvalue weighted by atomic mass is 32.2. The molecule has 0 saturated heterocycles. The molecular weight excluding hydrogens is 400 g/mol. The maximum absolute atomic E-state index is 12.3. The van der Waals surface area contributed by atoms with Gasteiger partial charge in [-0.1, -0.05) is 32.0 Å². The van der Waals surface area contributed by atoms with Crippen molar-refractivity contribution in [3.8, 4) is 0 Å². The molecule has 6 nitrogen and oxygen atoms in total. The third-order valence-corrected chi connectivity index (χ3v) is 6.08. The van der Waals surface area contributed by atoms with Crippen LogP contribution in [0.5, 0.6) is 0 Å². The minimum absolute atomic E-state index is 0.0302. The average Bonchev–Trinajstić information content (AvgIpc) is 3.09. The molecule has 0 aliphatic heterocycles. The summed E-state index contributed by atoms with van der Waals surface area (Å²) in [6, 6.07) is 7.53. The number of carbonyl (C=O) groups excluding carboxylic acids is 2. The predicted octanol–water partition coefficient (Wildman–Crippen LogP) is 4.90. The summed E-state index contributed by atoms with van der Waals surface area (Å²) in [7, 11) is 0. The Morgan fingerprint density at radius 3 is 2.59 bits per heavy atom. The average molecular weight is 425 g/mol. The number of hydrogen-bond donors (Lipinski definition) is 2. The zero-order chi connectivity index (χ0) is 19.6. The van der Waals surface area contributed by atoms with Crippen LogP contribution in [0.2, 0.25) is 0 Å². The fourth-order valence-electron chi connectivity index (χ4n) is 2.09. The SMILES string of the molecule is CCCCC(=O)Nc1ccc(SC(C)C(=O)Nc2nc(SCC)ns2)cc1. The summed E-state index contributed by atoms with van der Waals surface area (Å²) in [6.07, 6.45) is 2.42. The Balaban J connectivity index is 1.84. The molecule has 1 atom stereocenters. The van der Waals surface area contributed by atoms with Gasteiger partial charge in [0.25, 0.3) is 0 Å². The second-order valence-electron chi connectivity index (χ2n) is 5.74. The summed E-state index contributed by atoms with van der Waals surface area (Å²) in [4.78, 5) is 29.3. The van der Waals surface area contributed by atoms with Crippen LogP contribution < -0.4 is 10.6 Å². The van der Waals surface area contributed by atoms with Crippen molar-refractivity contribution in [2.45, 2.75) is 55.3 Å². The van der Waals surface area contributed by atoms with Gasteiger partial charge in [0.05, 0.1) is 5.25 Å². The fraction of sp³-hybridized carbons (Fsp3) is 0.444. The lowest BCUT2D eigenvalue weighted by molar-refractivity contribution is -0.116. The topological polar surface area (TPSA) is 84.0 Å². The first-order chi connectivity index (χ1) is 13.0. The lowest BCUT2D eigenvalue weighted by Crippen LogP contribution is -2.22. The minimum atomic E-state index is -0.277. The molecule has 0 fully saturated rings. The monoisotopic (exact) mass is 424 g/mol. The van der Waals surface area contributed by atoms with Gasteiger partial charge in [0.15, 0.2) is 0 Å². The molecule has 2 N–H and O–H groups in total. The van der Waals surface area contributed by atoms with Crippen LogP contribution in [0.3, 0.4) is 0 Å². The van der Waals surface area contributed by atoms with Crippen molar-refractivity contribution >= 4 is 57.7 Å². The zero-order valence-electron chi connectivity index (χ0n) is 15.7. The maximum Gasteiger partial charge on any atom is 0.239 e. The van der Waals surface area contributed by atoms with Crippen LogP contribution in [0.15, 0.2) is 34.3 Å². The quantitative estimate of drug-likeness (QED) is 0.528. The number of carbonyl (C=O) groups is 2. The van der Waals surface area contributed by atoms with Crippen LogP contribution in [0.1, 0.15) is 40.0 Å². The van der Waals surface area contributed by atoms with Gasteiger partial charge in [-0.05, 0) is 43.4 Å². The molecule has 1 heterocycles. The van der Waals surface area contributed by atoms with E-state index in [2.05, 4.69) is 26.9 Å². The van der Waals surface area contributed by atoms with Crippen molar-refractivity contribution in [3.63, 3.8) is 0 Å². The molecule has 27 heavy (non-hydrogen) atoms. The highest BCUT2D eigenvalue weighted by molar-refractivity contribution is 8.00. The second-order valence-corrected chi connectivity index (χ2v) is 9.14. The van der Waals surface area contributed by atoms with E-state index in [0.29, 0.717) is 16.7 Å². The molecular formula is C18H24N4O2S3. The van der Waals surface area contributed by atoms with Crippen molar-refractivity contribution in [1.82, 2.24) is 9.36 Å². The molecule has 0 saturated carbocycles. The molecule has 1 aromatic heterocycles. The van der Waals surface area contributed by atoms with Crippen LogP contribution in [0, 0.1) is 0 Å². The van der Waals surface area contributed by atoms with Gasteiger partial charge < -0.3 is 5.32 Å². The smallest absolute Gasteiger partial charge is 0.239 e. The standard InChI is InChI=1S/C18H24N4O2S3/c1-4-6-7-15(23)19-13-8-10-14(11-9-13)26-12(3)16(24)20-17-21-18(22-27-17)25-5-2/h8-12H,4-7H2,1-3H3,(H,19,23)(H,20,21,22,24). The number of benzene rings is 1. The Kier molecular flexibility index (Phi) is 9.09. The van der Waals surface area contributed by atoms with Crippen molar-refractivity contribution in [2.24, 2.45) is 0 Å². The Morgan fingerprint density at radius 2 is 1.93 bits per heavy atom. The summed E-state index contributed by atoms with van der Waals surface area (Å²) < 4.78 is 4.19. The van der Waals surface area contributed by atoms with Crippen molar-refractivity contribution < 1.29 is 9.59 Å². The Morgan fingerprint density at radius 1 is 1.19 bits per heavy atom. The fourth-order valence-corrected chi connectivity index (χ4v) is 4.23. The minimum Gasteiger partial charge on any atom is -0.326 e. The number of thioether (sulfide) groups is 2. The second kappa shape index (κ2) is 11.3. The van der Waals surface area contributed by atoms with E-state index < -0.39 is 0 Å². The van der Waals surface area contributed by atoms with E-state index in [1.54, 1.807) is 11.8 Å². The van der Waals surface area contributed by atoms with Crippen LogP contribution in [-0.4, -0.2) is 32.2 Å². The van der Waals surface area contributed by atoms with Gasteiger partial charge >= 0.3 is 0 Å². The Hall–Kier alpha value is -1.58. The van der Waals surface area contributed by atoms with Gasteiger partial charge in [0.2, 0.25) is 22.1 Å². The number of hydrogen-bond acceptors (Lipinski definition) is 7. The summed E-state index contributed by atoms with van der Waals surface area (Å²) in [5.74, 6) is 0.814. The maximum atomic E-state index is 12.3. The molecule has 9 heteroatoms. The Bertz CT molecular complexity index is 749. The molecule has 146 valence electrons. The first-order valence-electron chi connectivity index (χ1n) is 8.85. The molecule has 2 amide bonds. The molecule has 0 radical (unpaired) electrons. The number of anilines is 2. The highest BCUT2D eigenvalue weighted by Gasteiger charge is 2.16. The van der Waals surface area contributed by atoms with Gasteiger partial charge in [-0.2, -0.15) is 9.36 Å². The van der Waals surface area contributed by atoms with Gasteiger partial charge in [0.1, 0.15) is 0 Å². The van der Waals surface area contributed by atoms with E-state index in [0.717, 1.165) is 29.2 Å². The molecule has 0 spiro atoms. The summed E-state index contributed by atoms with van der Waals surface area (Å²) in [5, 5.41) is 6.63. The summed E-state index contributed by atoms with van der Waals surface area (Å²) >= 11 is 4.19. The van der Waals surface area contributed by atoms with E-state index >= 15 is 0 Å². The van der Waals surface area contributed by atoms with Crippen LogP contribution >= 0.6 is 35.1 Å². The van der Waals surface area contributed by atoms with Gasteiger partial charge in [-0.3, -0.25) is 14.9 Å². The summed E-state index contributed by atoms with van der Waals surface area (Å²) in [6.45, 7) is 5.94. The first kappa shape index (κ1) is 21.7. The van der Waals surface area contributed by atoms with E-state index in [9.17, 15) is 9.59 Å². The van der Waals surface area contributed by atoms with Crippen molar-refractivity contribution in [2.75, 3.05) is 16.4 Å². The number of amides is 2. The summed E-state index contributed by atoms with van der Waals surface area (Å²) in [5.41, 5.74) is 0.771. The first-order valence-corrected chi connectivity index (χ1v) is 11.5. The Labute approximate surface area is 172 Å². The largest absolute Gasteiger partial charge is 0.326 e. The van der Waals surface area contributed by atoms with Crippen LogP contribution in [0.4, 0.5) is 10.8 Å². The van der Waals surface area contributed by atoms with E-state index in [1.807, 2.05) is 38.1 Å². The number of nitrogens with zero attached hydrogens (tertiary/aromatic N) is 2. The molecule has 2 aromatic rings. The number of nitrogens with one attached hydrogen (secondary N) is 2. The molecule has 2 rings (SSSR count). The molecule has 0 bridgehead atoms. The molecule has 1 aromatic carbocycles. The molecule has 0 aliphatic rings. The number of unbranched alkanes of at least 4 members (excludes halogenated alkanes) is 1. The van der Waals surface area contributed by atoms with Crippen LogP contribution in [-0.2, 0) is 9.59 Å². The van der Waals surface area contributed by atoms with E-state index in [4.69, 9.17) is 0 Å². The van der Waals surface area contributed by atoms with Crippen molar-refractivity contribution in [3.05, 3.63) is 24.3 Å². The number of aromatic nitrogens is 2.